The van der Waals surface area contributed by atoms with Crippen molar-refractivity contribution in [2.45, 2.75) is 11.8 Å². The van der Waals surface area contributed by atoms with E-state index < -0.39 is 21.5 Å². The molecule has 142 valence electrons. The summed E-state index contributed by atoms with van der Waals surface area (Å²) >= 11 is 7.39. The van der Waals surface area contributed by atoms with E-state index in [-0.39, 0.29) is 21.3 Å². The standard InChI is InChI=1S/C16H15ClN4O4S2/c1-9-18-15-11(6-7-26-15)16(23)21(9)19-14(22)12-8-10(4-5-13(12)17)27(24,25)20(2)3/h4-8H,1-3H3,(H,19,22). The minimum absolute atomic E-state index is 0.0560. The van der Waals surface area contributed by atoms with Gasteiger partial charge in [-0.1, -0.05) is 11.6 Å². The molecule has 1 amide bonds. The van der Waals surface area contributed by atoms with Crippen LogP contribution in [0.4, 0.5) is 0 Å². The van der Waals surface area contributed by atoms with Gasteiger partial charge in [0.05, 0.1) is 20.9 Å². The van der Waals surface area contributed by atoms with Crippen LogP contribution in [0.2, 0.25) is 5.02 Å². The van der Waals surface area contributed by atoms with Crippen LogP contribution in [0.15, 0.2) is 39.3 Å². The number of amides is 1. The quantitative estimate of drug-likeness (QED) is 0.688. The van der Waals surface area contributed by atoms with Crippen molar-refractivity contribution in [3.05, 3.63) is 56.4 Å². The Balaban J connectivity index is 2.04. The number of carbonyl (C=O) groups excluding carboxylic acids is 1. The van der Waals surface area contributed by atoms with Crippen molar-refractivity contribution in [2.24, 2.45) is 0 Å². The van der Waals surface area contributed by atoms with Crippen LogP contribution < -0.4 is 11.0 Å². The number of sulfonamides is 1. The summed E-state index contributed by atoms with van der Waals surface area (Å²) in [6.07, 6.45) is 0. The highest BCUT2D eigenvalue weighted by molar-refractivity contribution is 7.89. The van der Waals surface area contributed by atoms with Crippen LogP contribution >= 0.6 is 22.9 Å². The van der Waals surface area contributed by atoms with Crippen LogP contribution in [-0.4, -0.2) is 42.4 Å². The molecular weight excluding hydrogens is 412 g/mol. The Hall–Kier alpha value is -2.27. The Morgan fingerprint density at radius 2 is 2.00 bits per heavy atom. The number of aromatic nitrogens is 2. The van der Waals surface area contributed by atoms with E-state index in [0.717, 1.165) is 8.98 Å². The first-order valence-corrected chi connectivity index (χ1v) is 10.3. The van der Waals surface area contributed by atoms with E-state index in [2.05, 4.69) is 10.4 Å². The molecule has 8 nitrogen and oxygen atoms in total. The zero-order valence-corrected chi connectivity index (χ0v) is 16.9. The van der Waals surface area contributed by atoms with Gasteiger partial charge in [0.2, 0.25) is 10.0 Å². The molecule has 0 fully saturated rings. The fraction of sp³-hybridized carbons (Fsp3) is 0.188. The normalized spacial score (nSPS) is 11.9. The van der Waals surface area contributed by atoms with Gasteiger partial charge in [0, 0.05) is 14.1 Å². The van der Waals surface area contributed by atoms with Gasteiger partial charge in [0.1, 0.15) is 10.7 Å². The molecule has 1 aromatic carbocycles. The predicted octanol–water partition coefficient (Wildman–Crippen LogP) is 2.05. The van der Waals surface area contributed by atoms with Gasteiger partial charge in [-0.3, -0.25) is 15.0 Å². The topological polar surface area (TPSA) is 101 Å². The molecule has 0 radical (unpaired) electrons. The largest absolute Gasteiger partial charge is 0.281 e. The van der Waals surface area contributed by atoms with Gasteiger partial charge in [0.25, 0.3) is 11.5 Å². The van der Waals surface area contributed by atoms with E-state index in [9.17, 15) is 18.0 Å². The zero-order chi connectivity index (χ0) is 19.9. The fourth-order valence-corrected chi connectivity index (χ4v) is 4.29. The Morgan fingerprint density at radius 3 is 2.67 bits per heavy atom. The number of nitrogens with zero attached hydrogens (tertiary/aromatic N) is 3. The van der Waals surface area contributed by atoms with Gasteiger partial charge in [-0.05, 0) is 36.6 Å². The third-order valence-corrected chi connectivity index (χ3v) is 6.79. The molecule has 2 aromatic heterocycles. The number of hydrogen-bond donors (Lipinski definition) is 1. The summed E-state index contributed by atoms with van der Waals surface area (Å²) in [5.74, 6) is -0.436. The zero-order valence-electron chi connectivity index (χ0n) is 14.6. The van der Waals surface area contributed by atoms with Crippen LogP contribution in [0.1, 0.15) is 16.2 Å². The Bertz CT molecular complexity index is 1210. The molecular formula is C16H15ClN4O4S2. The monoisotopic (exact) mass is 426 g/mol. The fourth-order valence-electron chi connectivity index (χ4n) is 2.36. The molecule has 0 bridgehead atoms. The third kappa shape index (κ3) is 3.48. The van der Waals surface area contributed by atoms with Gasteiger partial charge < -0.3 is 0 Å². The van der Waals surface area contributed by atoms with E-state index in [4.69, 9.17) is 11.6 Å². The van der Waals surface area contributed by atoms with E-state index >= 15 is 0 Å². The number of nitrogens with one attached hydrogen (secondary N) is 1. The molecule has 0 saturated carbocycles. The lowest BCUT2D eigenvalue weighted by Crippen LogP contribution is -2.35. The number of fused-ring (bicyclic) bond motifs is 1. The number of halogens is 1. The minimum atomic E-state index is -3.74. The van der Waals surface area contributed by atoms with Gasteiger partial charge in [0.15, 0.2) is 0 Å². The van der Waals surface area contributed by atoms with Crippen molar-refractivity contribution in [1.29, 1.82) is 0 Å². The maximum absolute atomic E-state index is 12.7. The first-order chi connectivity index (χ1) is 12.6. The maximum Gasteiger partial charge on any atom is 0.281 e. The molecule has 3 rings (SSSR count). The van der Waals surface area contributed by atoms with E-state index in [1.807, 2.05) is 0 Å². The number of hydrogen-bond acceptors (Lipinski definition) is 6. The average molecular weight is 427 g/mol. The van der Waals surface area contributed by atoms with Crippen molar-refractivity contribution in [2.75, 3.05) is 19.5 Å². The molecule has 0 aliphatic rings. The van der Waals surface area contributed by atoms with E-state index in [0.29, 0.717) is 10.2 Å². The molecule has 3 aromatic rings. The number of rotatable bonds is 4. The first-order valence-electron chi connectivity index (χ1n) is 7.63. The summed E-state index contributed by atoms with van der Waals surface area (Å²) in [6, 6.07) is 5.42. The first kappa shape index (κ1) is 19.5. The van der Waals surface area contributed by atoms with Crippen molar-refractivity contribution in [1.82, 2.24) is 14.0 Å². The number of benzene rings is 1. The van der Waals surface area contributed by atoms with E-state index in [1.54, 1.807) is 18.4 Å². The Kier molecular flexibility index (Phi) is 5.08. The Labute approximate surface area is 164 Å². The highest BCUT2D eigenvalue weighted by atomic mass is 35.5. The second-order valence-electron chi connectivity index (χ2n) is 5.81. The highest BCUT2D eigenvalue weighted by Gasteiger charge is 2.21. The van der Waals surface area contributed by atoms with Crippen LogP contribution in [0.25, 0.3) is 10.2 Å². The second kappa shape index (κ2) is 7.04. The lowest BCUT2D eigenvalue weighted by molar-refractivity contribution is 0.101. The summed E-state index contributed by atoms with van der Waals surface area (Å²) in [5.41, 5.74) is 1.94. The minimum Gasteiger partial charge on any atom is -0.267 e. The smallest absolute Gasteiger partial charge is 0.267 e. The molecule has 0 saturated heterocycles. The summed E-state index contributed by atoms with van der Waals surface area (Å²) in [4.78, 5) is 30.0. The molecule has 27 heavy (non-hydrogen) atoms. The molecule has 11 heteroatoms. The third-order valence-electron chi connectivity index (χ3n) is 3.84. The molecule has 0 aliphatic carbocycles. The summed E-state index contributed by atoms with van der Waals surface area (Å²) in [6.45, 7) is 1.58. The van der Waals surface area contributed by atoms with Crippen LogP contribution in [0.5, 0.6) is 0 Å². The molecule has 0 atom stereocenters. The van der Waals surface area contributed by atoms with Crippen molar-refractivity contribution in [3.8, 4) is 0 Å². The summed E-state index contributed by atoms with van der Waals surface area (Å²) in [5, 5.41) is 2.17. The SMILES string of the molecule is Cc1nc2sccc2c(=O)n1NC(=O)c1cc(S(=O)(=O)N(C)C)ccc1Cl. The second-order valence-corrected chi connectivity index (χ2v) is 9.26. The number of carbonyl (C=O) groups is 1. The van der Waals surface area contributed by atoms with Crippen LogP contribution in [0, 0.1) is 6.92 Å². The molecule has 2 heterocycles. The van der Waals surface area contributed by atoms with Crippen molar-refractivity contribution < 1.29 is 13.2 Å². The van der Waals surface area contributed by atoms with Crippen LogP contribution in [0.3, 0.4) is 0 Å². The molecule has 1 N–H and O–H groups in total. The van der Waals surface area contributed by atoms with Gasteiger partial charge in [-0.2, -0.15) is 0 Å². The molecule has 0 aliphatic heterocycles. The number of aryl methyl sites for hydroxylation is 1. The maximum atomic E-state index is 12.7. The Morgan fingerprint density at radius 1 is 1.30 bits per heavy atom. The molecule has 0 unspecified atom stereocenters. The van der Waals surface area contributed by atoms with Crippen molar-refractivity contribution in [3.63, 3.8) is 0 Å². The summed E-state index contributed by atoms with van der Waals surface area (Å²) < 4.78 is 26.6. The van der Waals surface area contributed by atoms with Gasteiger partial charge in [-0.15, -0.1) is 11.3 Å². The van der Waals surface area contributed by atoms with Gasteiger partial charge >= 0.3 is 0 Å². The average Bonchev–Trinajstić information content (AvgIpc) is 3.06. The summed E-state index contributed by atoms with van der Waals surface area (Å²) in [7, 11) is -0.978. The number of thiophene rings is 1. The highest BCUT2D eigenvalue weighted by Crippen LogP contribution is 2.22. The van der Waals surface area contributed by atoms with E-state index in [1.165, 1.54) is 43.6 Å². The lowest BCUT2D eigenvalue weighted by atomic mass is 10.2. The lowest BCUT2D eigenvalue weighted by Gasteiger charge is -2.14. The van der Waals surface area contributed by atoms with Gasteiger partial charge in [-0.25, -0.2) is 22.4 Å². The van der Waals surface area contributed by atoms with Crippen molar-refractivity contribution >= 4 is 49.1 Å². The predicted molar refractivity (Wildman–Crippen MR) is 105 cm³/mol. The molecule has 0 spiro atoms. The van der Waals surface area contributed by atoms with Crippen LogP contribution in [-0.2, 0) is 10.0 Å².